The number of nitro groups is 1. The van der Waals surface area contributed by atoms with Gasteiger partial charge < -0.3 is 23.7 Å². The Morgan fingerprint density at radius 3 is 2.47 bits per heavy atom. The van der Waals surface area contributed by atoms with E-state index < -0.39 is 34.5 Å². The first-order chi connectivity index (χ1) is 14.3. The van der Waals surface area contributed by atoms with Crippen molar-refractivity contribution in [1.29, 1.82) is 0 Å². The molecule has 1 aliphatic heterocycles. The van der Waals surface area contributed by atoms with Crippen molar-refractivity contribution in [3.8, 4) is 23.0 Å². The number of carbonyl (C=O) groups excluding carboxylic acids is 1. The van der Waals surface area contributed by atoms with Gasteiger partial charge in [-0.25, -0.2) is 4.79 Å². The Hall–Kier alpha value is -3.15. The van der Waals surface area contributed by atoms with Crippen LogP contribution in [0.5, 0.6) is 23.0 Å². The van der Waals surface area contributed by atoms with Crippen LogP contribution >= 0.6 is 15.9 Å². The van der Waals surface area contributed by atoms with Crippen molar-refractivity contribution in [2.24, 2.45) is 0 Å². The van der Waals surface area contributed by atoms with Gasteiger partial charge in [-0.3, -0.25) is 10.1 Å². The van der Waals surface area contributed by atoms with Crippen LogP contribution in [0.2, 0.25) is 0 Å². The topological polar surface area (TPSA) is 106 Å². The van der Waals surface area contributed by atoms with E-state index >= 15 is 0 Å². The monoisotopic (exact) mass is 489 g/mol. The number of nitro benzene ring substituents is 1. The van der Waals surface area contributed by atoms with Gasteiger partial charge in [0.25, 0.3) is 5.69 Å². The van der Waals surface area contributed by atoms with Crippen LogP contribution in [-0.2, 0) is 11.3 Å². The number of ether oxygens (including phenoxy) is 5. The number of hydrogen-bond donors (Lipinski definition) is 0. The van der Waals surface area contributed by atoms with Crippen molar-refractivity contribution in [3.05, 3.63) is 50.0 Å². The Kier molecular flexibility index (Phi) is 6.55. The zero-order valence-electron chi connectivity index (χ0n) is 15.4. The van der Waals surface area contributed by atoms with Gasteiger partial charge in [0, 0.05) is 16.1 Å². The maximum Gasteiger partial charge on any atom is 0.387 e. The largest absolute Gasteiger partial charge is 0.493 e. The predicted molar refractivity (Wildman–Crippen MR) is 101 cm³/mol. The molecule has 0 bridgehead atoms. The summed E-state index contributed by atoms with van der Waals surface area (Å²) in [5.41, 5.74) is -0.718. The summed E-state index contributed by atoms with van der Waals surface area (Å²) in [6.45, 7) is -2.70. The van der Waals surface area contributed by atoms with Crippen LogP contribution in [0.3, 0.4) is 0 Å². The Labute approximate surface area is 176 Å². The second-order valence-corrected chi connectivity index (χ2v) is 6.67. The van der Waals surface area contributed by atoms with Gasteiger partial charge >= 0.3 is 12.6 Å². The summed E-state index contributed by atoms with van der Waals surface area (Å²) >= 11 is 3.33. The molecular weight excluding hydrogens is 476 g/mol. The van der Waals surface area contributed by atoms with Crippen LogP contribution in [0, 0.1) is 10.1 Å². The zero-order chi connectivity index (χ0) is 21.8. The van der Waals surface area contributed by atoms with E-state index in [1.54, 1.807) is 12.1 Å². The average Bonchev–Trinajstić information content (AvgIpc) is 2.71. The highest BCUT2D eigenvalue weighted by molar-refractivity contribution is 9.10. The molecule has 2 aromatic rings. The first-order valence-corrected chi connectivity index (χ1v) is 9.15. The van der Waals surface area contributed by atoms with Crippen LogP contribution in [0.25, 0.3) is 0 Å². The summed E-state index contributed by atoms with van der Waals surface area (Å²) in [5, 5.41) is 11.3. The molecule has 3 rings (SSSR count). The molecule has 0 atom stereocenters. The molecule has 0 amide bonds. The van der Waals surface area contributed by atoms with Crippen LogP contribution in [0.15, 0.2) is 28.7 Å². The number of fused-ring (bicyclic) bond motifs is 1. The highest BCUT2D eigenvalue weighted by Crippen LogP contribution is 2.38. The fourth-order valence-corrected chi connectivity index (χ4v) is 3.09. The molecule has 0 unspecified atom stereocenters. The Balaban J connectivity index is 1.85. The van der Waals surface area contributed by atoms with Crippen molar-refractivity contribution in [3.63, 3.8) is 0 Å². The molecule has 160 valence electrons. The summed E-state index contributed by atoms with van der Waals surface area (Å²) in [4.78, 5) is 22.9. The molecule has 0 saturated carbocycles. The lowest BCUT2D eigenvalue weighted by Crippen LogP contribution is -2.16. The third kappa shape index (κ3) is 4.70. The van der Waals surface area contributed by atoms with Crippen LogP contribution in [0.4, 0.5) is 14.5 Å². The summed E-state index contributed by atoms with van der Waals surface area (Å²) in [6, 6.07) is 4.86. The van der Waals surface area contributed by atoms with E-state index in [1.165, 1.54) is 0 Å². The second kappa shape index (κ2) is 9.11. The molecule has 2 aromatic carbocycles. The highest BCUT2D eigenvalue weighted by atomic mass is 79.9. The van der Waals surface area contributed by atoms with Gasteiger partial charge in [0.1, 0.15) is 25.4 Å². The van der Waals surface area contributed by atoms with E-state index in [0.717, 1.165) is 13.2 Å². The third-order valence-electron chi connectivity index (χ3n) is 3.98. The van der Waals surface area contributed by atoms with Crippen molar-refractivity contribution in [2.75, 3.05) is 20.3 Å². The van der Waals surface area contributed by atoms with E-state index in [0.29, 0.717) is 40.8 Å². The van der Waals surface area contributed by atoms with Gasteiger partial charge in [-0.05, 0) is 12.1 Å². The molecule has 9 nitrogen and oxygen atoms in total. The molecule has 0 radical (unpaired) electrons. The lowest BCUT2D eigenvalue weighted by Gasteiger charge is -2.20. The first-order valence-electron chi connectivity index (χ1n) is 8.36. The molecule has 12 heteroatoms. The number of alkyl halides is 2. The van der Waals surface area contributed by atoms with E-state index in [1.807, 2.05) is 0 Å². The molecular formula is C18H14BrF2NO8. The second-order valence-electron chi connectivity index (χ2n) is 5.82. The van der Waals surface area contributed by atoms with Crippen LogP contribution in [0.1, 0.15) is 15.9 Å². The zero-order valence-corrected chi connectivity index (χ0v) is 16.9. The van der Waals surface area contributed by atoms with Crippen LogP contribution in [-0.4, -0.2) is 37.8 Å². The average molecular weight is 490 g/mol. The Morgan fingerprint density at radius 1 is 1.20 bits per heavy atom. The van der Waals surface area contributed by atoms with Crippen molar-refractivity contribution in [2.45, 2.75) is 13.2 Å². The lowest BCUT2D eigenvalue weighted by molar-refractivity contribution is -0.385. The van der Waals surface area contributed by atoms with Crippen molar-refractivity contribution in [1.82, 2.24) is 0 Å². The number of carbonyl (C=O) groups is 1. The lowest BCUT2D eigenvalue weighted by atomic mass is 10.1. The number of benzene rings is 2. The maximum absolute atomic E-state index is 12.5. The fraction of sp³-hybridized carbons (Fsp3) is 0.278. The molecule has 0 aromatic heterocycles. The minimum Gasteiger partial charge on any atom is -0.493 e. The summed E-state index contributed by atoms with van der Waals surface area (Å²) in [6.07, 6.45) is 0. The Morgan fingerprint density at radius 2 is 1.87 bits per heavy atom. The normalized spacial score (nSPS) is 12.4. The molecule has 0 fully saturated rings. The highest BCUT2D eigenvalue weighted by Gasteiger charge is 2.27. The summed E-state index contributed by atoms with van der Waals surface area (Å²) < 4.78 is 50.8. The number of halogens is 3. The molecule has 0 saturated heterocycles. The van der Waals surface area contributed by atoms with Crippen LogP contribution < -0.4 is 18.9 Å². The first kappa shape index (κ1) is 21.6. The van der Waals surface area contributed by atoms with Gasteiger partial charge in [-0.1, -0.05) is 15.9 Å². The molecule has 0 spiro atoms. The molecule has 0 N–H and O–H groups in total. The van der Waals surface area contributed by atoms with Gasteiger partial charge in [0.15, 0.2) is 23.0 Å². The quantitative estimate of drug-likeness (QED) is 0.325. The van der Waals surface area contributed by atoms with E-state index in [2.05, 4.69) is 20.7 Å². The van der Waals surface area contributed by atoms with Crippen molar-refractivity contribution < 1.29 is 42.2 Å². The minimum absolute atomic E-state index is 0.245. The van der Waals surface area contributed by atoms with Gasteiger partial charge in [0.2, 0.25) is 0 Å². The van der Waals surface area contributed by atoms with E-state index in [9.17, 15) is 23.7 Å². The number of hydrogen-bond acceptors (Lipinski definition) is 8. The van der Waals surface area contributed by atoms with Gasteiger partial charge in [0.05, 0.1) is 18.1 Å². The number of esters is 1. The minimum atomic E-state index is -3.23. The number of rotatable bonds is 7. The van der Waals surface area contributed by atoms with Gasteiger partial charge in [-0.2, -0.15) is 8.78 Å². The predicted octanol–water partition coefficient (Wildman–Crippen LogP) is 4.10. The summed E-state index contributed by atoms with van der Waals surface area (Å²) in [7, 11) is 1.14. The molecule has 0 aliphatic carbocycles. The van der Waals surface area contributed by atoms with E-state index in [4.69, 9.17) is 18.9 Å². The standard InChI is InChI=1S/C18H14BrF2NO8/c1-26-13-5-10(12(22(24)25)7-16(13)30-18(20)21)17(23)29-8-9-4-14-15(6-11(9)19)28-3-2-27-14/h4-7,18H,2-3,8H2,1H3. The molecule has 30 heavy (non-hydrogen) atoms. The molecule has 1 heterocycles. The van der Waals surface area contributed by atoms with Crippen molar-refractivity contribution >= 4 is 27.6 Å². The smallest absolute Gasteiger partial charge is 0.387 e. The van der Waals surface area contributed by atoms with E-state index in [-0.39, 0.29) is 12.4 Å². The number of methoxy groups -OCH3 is 1. The van der Waals surface area contributed by atoms with Gasteiger partial charge in [-0.15, -0.1) is 0 Å². The maximum atomic E-state index is 12.5. The fourth-order valence-electron chi connectivity index (χ4n) is 2.65. The number of nitrogens with zero attached hydrogens (tertiary/aromatic N) is 1. The molecule has 1 aliphatic rings. The Bertz CT molecular complexity index is 985. The summed E-state index contributed by atoms with van der Waals surface area (Å²) in [5.74, 6) is -0.918. The SMILES string of the molecule is COc1cc(C(=O)OCc2cc3c(cc2Br)OCCO3)c([N+](=O)[O-])cc1OC(F)F. The third-order valence-corrected chi connectivity index (χ3v) is 4.72.